The highest BCUT2D eigenvalue weighted by Crippen LogP contribution is 2.27. The van der Waals surface area contributed by atoms with Crippen molar-refractivity contribution in [2.75, 3.05) is 13.1 Å². The maximum Gasteiger partial charge on any atom is 0.338 e. The number of nitrogens with zero attached hydrogens (tertiary/aromatic N) is 2. The lowest BCUT2D eigenvalue weighted by Crippen LogP contribution is -2.29. The predicted molar refractivity (Wildman–Crippen MR) is 105 cm³/mol. The fourth-order valence-electron chi connectivity index (χ4n) is 3.84. The Labute approximate surface area is 167 Å². The van der Waals surface area contributed by atoms with Crippen molar-refractivity contribution in [3.63, 3.8) is 0 Å². The van der Waals surface area contributed by atoms with Crippen LogP contribution in [-0.4, -0.2) is 44.9 Å². The molecule has 4 rings (SSSR count). The lowest BCUT2D eigenvalue weighted by molar-refractivity contribution is 0.0691. The zero-order valence-corrected chi connectivity index (χ0v) is 15.6. The van der Waals surface area contributed by atoms with E-state index in [0.29, 0.717) is 30.9 Å². The highest BCUT2D eigenvalue weighted by molar-refractivity contribution is 6.00. The second-order valence-electron chi connectivity index (χ2n) is 7.21. The van der Waals surface area contributed by atoms with Gasteiger partial charge in [0.2, 0.25) is 0 Å². The Bertz CT molecular complexity index is 1050. The summed E-state index contributed by atoms with van der Waals surface area (Å²) < 4.78 is 13.6. The molecule has 7 heteroatoms. The molecule has 29 heavy (non-hydrogen) atoms. The third kappa shape index (κ3) is 3.89. The standard InChI is InChI=1S/C22H20FN3O3/c23-19-6-5-14(12-18(19)22(28)29)11-15-7-10-26(13-15)21(27)17-4-2-1-3-16(17)20-24-8-9-25-20/h1-6,8-9,12,15H,7,10-11,13H2,(H,24,25)(H,28,29). The van der Waals surface area contributed by atoms with E-state index in [4.69, 9.17) is 5.11 Å². The van der Waals surface area contributed by atoms with Crippen molar-refractivity contribution in [3.8, 4) is 11.4 Å². The number of aromatic nitrogens is 2. The van der Waals surface area contributed by atoms with E-state index in [1.807, 2.05) is 23.1 Å². The Morgan fingerprint density at radius 3 is 2.79 bits per heavy atom. The van der Waals surface area contributed by atoms with Gasteiger partial charge in [-0.15, -0.1) is 0 Å². The number of amides is 1. The number of aromatic carboxylic acids is 1. The molecule has 0 radical (unpaired) electrons. The zero-order valence-electron chi connectivity index (χ0n) is 15.6. The summed E-state index contributed by atoms with van der Waals surface area (Å²) >= 11 is 0. The van der Waals surface area contributed by atoms with E-state index in [1.54, 1.807) is 24.5 Å². The molecular formula is C22H20FN3O3. The van der Waals surface area contributed by atoms with Crippen molar-refractivity contribution in [1.82, 2.24) is 14.9 Å². The number of carbonyl (C=O) groups is 2. The monoisotopic (exact) mass is 393 g/mol. The van der Waals surface area contributed by atoms with Gasteiger partial charge in [0.15, 0.2) is 0 Å². The summed E-state index contributed by atoms with van der Waals surface area (Å²) in [6, 6.07) is 11.6. The summed E-state index contributed by atoms with van der Waals surface area (Å²) in [5.41, 5.74) is 1.80. The quantitative estimate of drug-likeness (QED) is 0.693. The number of rotatable bonds is 5. The Morgan fingerprint density at radius 2 is 2.03 bits per heavy atom. The van der Waals surface area contributed by atoms with Gasteiger partial charge < -0.3 is 15.0 Å². The number of carbonyl (C=O) groups excluding carboxylic acids is 1. The number of halogens is 1. The summed E-state index contributed by atoms with van der Waals surface area (Å²) in [7, 11) is 0. The number of benzene rings is 2. The van der Waals surface area contributed by atoms with Crippen LogP contribution in [0.5, 0.6) is 0 Å². The molecule has 1 unspecified atom stereocenters. The minimum atomic E-state index is -1.28. The van der Waals surface area contributed by atoms with Gasteiger partial charge in [-0.1, -0.05) is 24.3 Å². The van der Waals surface area contributed by atoms with Crippen LogP contribution in [0.15, 0.2) is 54.9 Å². The predicted octanol–water partition coefficient (Wildman–Crippen LogP) is 3.62. The molecule has 1 fully saturated rings. The van der Waals surface area contributed by atoms with Crippen molar-refractivity contribution < 1.29 is 19.1 Å². The molecule has 2 N–H and O–H groups in total. The minimum absolute atomic E-state index is 0.0511. The fraction of sp³-hybridized carbons (Fsp3) is 0.227. The summed E-state index contributed by atoms with van der Waals surface area (Å²) in [6.45, 7) is 1.20. The molecule has 1 aliphatic rings. The molecule has 1 aromatic heterocycles. The van der Waals surface area contributed by atoms with Crippen LogP contribution in [0.3, 0.4) is 0 Å². The van der Waals surface area contributed by atoms with E-state index in [0.717, 1.165) is 17.5 Å². The highest BCUT2D eigenvalue weighted by Gasteiger charge is 2.29. The number of carboxylic acid groups (broad SMARTS) is 1. The number of hydrogen-bond donors (Lipinski definition) is 2. The number of hydrogen-bond acceptors (Lipinski definition) is 3. The second-order valence-corrected chi connectivity index (χ2v) is 7.21. The second kappa shape index (κ2) is 7.87. The SMILES string of the molecule is O=C(O)c1cc(CC2CCN(C(=O)c3ccccc3-c3ncc[nH]3)C2)ccc1F. The normalized spacial score (nSPS) is 16.2. The van der Waals surface area contributed by atoms with Crippen LogP contribution in [0.25, 0.3) is 11.4 Å². The maximum absolute atomic E-state index is 13.6. The van der Waals surface area contributed by atoms with Gasteiger partial charge in [-0.2, -0.15) is 0 Å². The van der Waals surface area contributed by atoms with Gasteiger partial charge in [-0.05, 0) is 42.5 Å². The summed E-state index contributed by atoms with van der Waals surface area (Å²) in [4.78, 5) is 33.3. The lowest BCUT2D eigenvalue weighted by Gasteiger charge is -2.18. The average molecular weight is 393 g/mol. The Kier molecular flexibility index (Phi) is 5.12. The number of imidazole rings is 1. The molecule has 1 atom stereocenters. The number of carboxylic acids is 1. The highest BCUT2D eigenvalue weighted by atomic mass is 19.1. The first kappa shape index (κ1) is 18.9. The number of nitrogens with one attached hydrogen (secondary N) is 1. The van der Waals surface area contributed by atoms with E-state index in [1.165, 1.54) is 12.1 Å². The molecule has 2 heterocycles. The largest absolute Gasteiger partial charge is 0.478 e. The topological polar surface area (TPSA) is 86.3 Å². The van der Waals surface area contributed by atoms with Crippen LogP contribution in [0.2, 0.25) is 0 Å². The molecule has 0 aliphatic carbocycles. The van der Waals surface area contributed by atoms with Gasteiger partial charge in [0.05, 0.1) is 11.1 Å². The first-order chi connectivity index (χ1) is 14.0. The number of aromatic amines is 1. The molecule has 148 valence electrons. The smallest absolute Gasteiger partial charge is 0.338 e. The van der Waals surface area contributed by atoms with Crippen LogP contribution in [0, 0.1) is 11.7 Å². The number of H-pyrrole nitrogens is 1. The first-order valence-corrected chi connectivity index (χ1v) is 9.42. The molecule has 6 nitrogen and oxygen atoms in total. The Hall–Kier alpha value is -3.48. The summed E-state index contributed by atoms with van der Waals surface area (Å²) in [6.07, 6.45) is 4.78. The summed E-state index contributed by atoms with van der Waals surface area (Å²) in [5.74, 6) is -1.22. The van der Waals surface area contributed by atoms with Crippen LogP contribution >= 0.6 is 0 Å². The van der Waals surface area contributed by atoms with E-state index in [2.05, 4.69) is 9.97 Å². The summed E-state index contributed by atoms with van der Waals surface area (Å²) in [5, 5.41) is 9.10. The van der Waals surface area contributed by atoms with Gasteiger partial charge >= 0.3 is 5.97 Å². The van der Waals surface area contributed by atoms with E-state index >= 15 is 0 Å². The minimum Gasteiger partial charge on any atom is -0.478 e. The maximum atomic E-state index is 13.6. The fourth-order valence-corrected chi connectivity index (χ4v) is 3.84. The lowest BCUT2D eigenvalue weighted by atomic mass is 9.97. The van der Waals surface area contributed by atoms with Crippen molar-refractivity contribution in [2.45, 2.75) is 12.8 Å². The van der Waals surface area contributed by atoms with Crippen LogP contribution in [-0.2, 0) is 6.42 Å². The molecule has 0 bridgehead atoms. The van der Waals surface area contributed by atoms with Crippen molar-refractivity contribution >= 4 is 11.9 Å². The van der Waals surface area contributed by atoms with Gasteiger partial charge in [-0.3, -0.25) is 4.79 Å². The third-order valence-electron chi connectivity index (χ3n) is 5.27. The van der Waals surface area contributed by atoms with Crippen LogP contribution < -0.4 is 0 Å². The van der Waals surface area contributed by atoms with Gasteiger partial charge in [0.1, 0.15) is 11.6 Å². The first-order valence-electron chi connectivity index (χ1n) is 9.42. The van der Waals surface area contributed by atoms with Crippen LogP contribution in [0.4, 0.5) is 4.39 Å². The molecule has 1 saturated heterocycles. The molecule has 2 aromatic carbocycles. The van der Waals surface area contributed by atoms with Gasteiger partial charge in [-0.25, -0.2) is 14.2 Å². The van der Waals surface area contributed by atoms with Crippen molar-refractivity contribution in [1.29, 1.82) is 0 Å². The van der Waals surface area contributed by atoms with E-state index in [-0.39, 0.29) is 17.4 Å². The van der Waals surface area contributed by atoms with Crippen molar-refractivity contribution in [2.24, 2.45) is 5.92 Å². The molecule has 3 aromatic rings. The molecule has 0 saturated carbocycles. The molecule has 0 spiro atoms. The Balaban J connectivity index is 1.48. The van der Waals surface area contributed by atoms with Crippen LogP contribution in [0.1, 0.15) is 32.7 Å². The molecular weight excluding hydrogens is 373 g/mol. The Morgan fingerprint density at radius 1 is 1.21 bits per heavy atom. The number of likely N-dealkylation sites (tertiary alicyclic amines) is 1. The molecule has 1 aliphatic heterocycles. The molecule has 1 amide bonds. The average Bonchev–Trinajstić information content (AvgIpc) is 3.41. The van der Waals surface area contributed by atoms with Gasteiger partial charge in [0, 0.05) is 31.0 Å². The van der Waals surface area contributed by atoms with Crippen molar-refractivity contribution in [3.05, 3.63) is 77.4 Å². The van der Waals surface area contributed by atoms with E-state index in [9.17, 15) is 14.0 Å². The zero-order chi connectivity index (χ0) is 20.4. The third-order valence-corrected chi connectivity index (χ3v) is 5.27. The van der Waals surface area contributed by atoms with E-state index < -0.39 is 11.8 Å². The van der Waals surface area contributed by atoms with Gasteiger partial charge in [0.25, 0.3) is 5.91 Å².